The van der Waals surface area contributed by atoms with Crippen LogP contribution in [-0.2, 0) is 0 Å². The van der Waals surface area contributed by atoms with Gasteiger partial charge in [0.2, 0.25) is 5.95 Å². The van der Waals surface area contributed by atoms with E-state index in [-0.39, 0.29) is 0 Å². The van der Waals surface area contributed by atoms with Crippen molar-refractivity contribution in [1.82, 2.24) is 24.4 Å². The van der Waals surface area contributed by atoms with Crippen molar-refractivity contribution in [2.75, 3.05) is 37.6 Å². The quantitative estimate of drug-likeness (QED) is 0.779. The van der Waals surface area contributed by atoms with Gasteiger partial charge in [0, 0.05) is 43.6 Å². The summed E-state index contributed by atoms with van der Waals surface area (Å²) in [5.74, 6) is 1.68. The van der Waals surface area contributed by atoms with E-state index in [1.54, 1.807) is 0 Å². The molecule has 6 heteroatoms. The van der Waals surface area contributed by atoms with Gasteiger partial charge in [-0.2, -0.15) is 0 Å². The molecule has 0 bridgehead atoms. The molecule has 0 aliphatic carbocycles. The number of nitrogens with zero attached hydrogens (tertiary/aromatic N) is 6. The van der Waals surface area contributed by atoms with Crippen molar-refractivity contribution in [3.63, 3.8) is 0 Å². The van der Waals surface area contributed by atoms with Gasteiger partial charge in [0.15, 0.2) is 0 Å². The van der Waals surface area contributed by atoms with Crippen LogP contribution in [-0.4, -0.2) is 57.1 Å². The molecule has 1 unspecified atom stereocenters. The fraction of sp³-hybridized carbons (Fsp3) is 0.667. The number of rotatable bonds is 6. The number of aromatic nitrogens is 4. The highest BCUT2D eigenvalue weighted by atomic mass is 15.2. The van der Waals surface area contributed by atoms with E-state index in [9.17, 15) is 0 Å². The maximum atomic E-state index is 4.68. The van der Waals surface area contributed by atoms with E-state index in [1.165, 1.54) is 38.8 Å². The molecule has 0 amide bonds. The van der Waals surface area contributed by atoms with Gasteiger partial charge < -0.3 is 14.4 Å². The molecule has 0 spiro atoms. The zero-order chi connectivity index (χ0) is 18.6. The van der Waals surface area contributed by atoms with Crippen molar-refractivity contribution in [2.45, 2.75) is 52.0 Å². The van der Waals surface area contributed by atoms with E-state index in [1.807, 2.05) is 24.9 Å². The van der Waals surface area contributed by atoms with Crippen LogP contribution in [0.2, 0.25) is 0 Å². The lowest BCUT2D eigenvalue weighted by atomic mass is 10.00. The van der Waals surface area contributed by atoms with Crippen molar-refractivity contribution >= 4 is 5.95 Å². The van der Waals surface area contributed by atoms with Crippen LogP contribution < -0.4 is 4.90 Å². The number of likely N-dealkylation sites (tertiary alicyclic amines) is 1. The zero-order valence-electron chi connectivity index (χ0n) is 16.7. The molecule has 4 heterocycles. The van der Waals surface area contributed by atoms with Gasteiger partial charge in [0.25, 0.3) is 0 Å². The van der Waals surface area contributed by atoms with Gasteiger partial charge in [0.05, 0.1) is 18.2 Å². The SMILES string of the molecule is CCC(CN1CCCC1)n1cncc1-c1cnc(N2CCC(C)CC2)nc1. The summed E-state index contributed by atoms with van der Waals surface area (Å²) in [5.41, 5.74) is 2.18. The van der Waals surface area contributed by atoms with Crippen LogP contribution in [0.3, 0.4) is 0 Å². The molecule has 2 saturated heterocycles. The molecule has 0 radical (unpaired) electrons. The molecule has 0 aromatic carbocycles. The molecular formula is C21H32N6. The molecule has 27 heavy (non-hydrogen) atoms. The van der Waals surface area contributed by atoms with E-state index < -0.39 is 0 Å². The van der Waals surface area contributed by atoms with Gasteiger partial charge in [-0.15, -0.1) is 0 Å². The van der Waals surface area contributed by atoms with E-state index in [2.05, 4.69) is 43.2 Å². The Hall–Kier alpha value is -1.95. The van der Waals surface area contributed by atoms with Gasteiger partial charge >= 0.3 is 0 Å². The molecule has 2 aliphatic heterocycles. The second kappa shape index (κ2) is 8.38. The van der Waals surface area contributed by atoms with Crippen LogP contribution >= 0.6 is 0 Å². The molecule has 6 nitrogen and oxygen atoms in total. The Kier molecular flexibility index (Phi) is 5.72. The molecule has 2 aromatic rings. The van der Waals surface area contributed by atoms with Gasteiger partial charge in [-0.25, -0.2) is 15.0 Å². The molecule has 4 rings (SSSR count). The topological polar surface area (TPSA) is 50.1 Å². The molecular weight excluding hydrogens is 336 g/mol. The zero-order valence-corrected chi connectivity index (χ0v) is 16.7. The predicted octanol–water partition coefficient (Wildman–Crippen LogP) is 3.62. The Labute approximate surface area is 162 Å². The summed E-state index contributed by atoms with van der Waals surface area (Å²) in [4.78, 5) is 18.7. The average molecular weight is 369 g/mol. The van der Waals surface area contributed by atoms with Crippen LogP contribution in [0.5, 0.6) is 0 Å². The molecule has 1 atom stereocenters. The molecule has 146 valence electrons. The maximum Gasteiger partial charge on any atom is 0.225 e. The van der Waals surface area contributed by atoms with Gasteiger partial charge in [-0.05, 0) is 51.1 Å². The largest absolute Gasteiger partial charge is 0.341 e. The maximum absolute atomic E-state index is 4.68. The van der Waals surface area contributed by atoms with E-state index in [0.29, 0.717) is 6.04 Å². The van der Waals surface area contributed by atoms with E-state index in [0.717, 1.165) is 49.2 Å². The van der Waals surface area contributed by atoms with Crippen molar-refractivity contribution in [3.05, 3.63) is 24.9 Å². The normalized spacial score (nSPS) is 20.3. The lowest BCUT2D eigenvalue weighted by Crippen LogP contribution is -2.34. The molecule has 2 aliphatic rings. The summed E-state index contributed by atoms with van der Waals surface area (Å²) in [5, 5.41) is 0. The number of hydrogen-bond acceptors (Lipinski definition) is 5. The smallest absolute Gasteiger partial charge is 0.225 e. The van der Waals surface area contributed by atoms with Gasteiger partial charge in [0.1, 0.15) is 0 Å². The van der Waals surface area contributed by atoms with Crippen LogP contribution in [0.1, 0.15) is 52.0 Å². The minimum Gasteiger partial charge on any atom is -0.341 e. The average Bonchev–Trinajstić information content (AvgIpc) is 3.39. The number of anilines is 1. The Morgan fingerprint density at radius 2 is 1.74 bits per heavy atom. The fourth-order valence-corrected chi connectivity index (χ4v) is 4.32. The molecule has 0 saturated carbocycles. The fourth-order valence-electron chi connectivity index (χ4n) is 4.32. The highest BCUT2D eigenvalue weighted by Crippen LogP contribution is 2.26. The Morgan fingerprint density at radius 3 is 2.41 bits per heavy atom. The van der Waals surface area contributed by atoms with Crippen molar-refractivity contribution in [3.8, 4) is 11.3 Å². The standard InChI is InChI=1S/C21H32N6/c1-3-19(15-25-8-4-5-9-25)27-16-22-14-20(27)18-12-23-21(24-13-18)26-10-6-17(2)7-11-26/h12-14,16-17,19H,3-11,15H2,1-2H3. The van der Waals surface area contributed by atoms with Crippen molar-refractivity contribution in [1.29, 1.82) is 0 Å². The van der Waals surface area contributed by atoms with Crippen LogP contribution in [0.4, 0.5) is 5.95 Å². The number of hydrogen-bond donors (Lipinski definition) is 0. The third-order valence-electron chi connectivity index (χ3n) is 6.20. The Morgan fingerprint density at radius 1 is 1.04 bits per heavy atom. The summed E-state index contributed by atoms with van der Waals surface area (Å²) in [6, 6.07) is 0.448. The number of piperidine rings is 1. The summed E-state index contributed by atoms with van der Waals surface area (Å²) in [6.07, 6.45) is 14.1. The van der Waals surface area contributed by atoms with Crippen LogP contribution in [0, 0.1) is 5.92 Å². The molecule has 2 aromatic heterocycles. The molecule has 2 fully saturated rings. The minimum absolute atomic E-state index is 0.448. The van der Waals surface area contributed by atoms with E-state index in [4.69, 9.17) is 0 Å². The minimum atomic E-state index is 0.448. The Bertz CT molecular complexity index is 711. The van der Waals surface area contributed by atoms with Crippen molar-refractivity contribution in [2.24, 2.45) is 5.92 Å². The second-order valence-corrected chi connectivity index (χ2v) is 8.20. The lowest BCUT2D eigenvalue weighted by Gasteiger charge is -2.30. The third kappa shape index (κ3) is 4.15. The summed E-state index contributed by atoms with van der Waals surface area (Å²) < 4.78 is 2.32. The first-order valence-corrected chi connectivity index (χ1v) is 10.6. The van der Waals surface area contributed by atoms with Gasteiger partial charge in [-0.1, -0.05) is 13.8 Å². The third-order valence-corrected chi connectivity index (χ3v) is 6.20. The number of imidazole rings is 1. The lowest BCUT2D eigenvalue weighted by molar-refractivity contribution is 0.273. The first-order chi connectivity index (χ1) is 13.2. The highest BCUT2D eigenvalue weighted by molar-refractivity contribution is 5.57. The van der Waals surface area contributed by atoms with E-state index >= 15 is 0 Å². The first kappa shape index (κ1) is 18.4. The van der Waals surface area contributed by atoms with Gasteiger partial charge in [-0.3, -0.25) is 0 Å². The van der Waals surface area contributed by atoms with Crippen LogP contribution in [0.25, 0.3) is 11.3 Å². The predicted molar refractivity (Wildman–Crippen MR) is 109 cm³/mol. The first-order valence-electron chi connectivity index (χ1n) is 10.6. The monoisotopic (exact) mass is 368 g/mol. The highest BCUT2D eigenvalue weighted by Gasteiger charge is 2.21. The van der Waals surface area contributed by atoms with Crippen LogP contribution in [0.15, 0.2) is 24.9 Å². The molecule has 0 N–H and O–H groups in total. The van der Waals surface area contributed by atoms with Crippen molar-refractivity contribution < 1.29 is 0 Å². The summed E-state index contributed by atoms with van der Waals surface area (Å²) in [6.45, 7) is 10.3. The summed E-state index contributed by atoms with van der Waals surface area (Å²) in [7, 11) is 0. The second-order valence-electron chi connectivity index (χ2n) is 8.20. The summed E-state index contributed by atoms with van der Waals surface area (Å²) >= 11 is 0. The Balaban J connectivity index is 1.49.